The molecule has 3 aromatic rings. The third-order valence-electron chi connectivity index (χ3n) is 5.89. The van der Waals surface area contributed by atoms with Crippen molar-refractivity contribution in [3.05, 3.63) is 103 Å². The minimum atomic E-state index is -0.549. The molecule has 0 fully saturated rings. The fourth-order valence-electron chi connectivity index (χ4n) is 4.35. The smallest absolute Gasteiger partial charge is 0.332 e. The summed E-state index contributed by atoms with van der Waals surface area (Å²) in [6.07, 6.45) is 0. The predicted octanol–water partition coefficient (Wildman–Crippen LogP) is 2.56. The highest BCUT2D eigenvalue weighted by Gasteiger charge is 2.42. The highest BCUT2D eigenvalue weighted by atomic mass is 16.2. The van der Waals surface area contributed by atoms with Crippen LogP contribution in [0.2, 0.25) is 0 Å². The van der Waals surface area contributed by atoms with Crippen LogP contribution in [0.25, 0.3) is 5.70 Å². The van der Waals surface area contributed by atoms with Crippen LogP contribution in [0.1, 0.15) is 38.5 Å². The lowest BCUT2D eigenvalue weighted by Crippen LogP contribution is -2.42. The number of allylic oxidation sites excluding steroid dienone is 1. The lowest BCUT2D eigenvalue weighted by Gasteiger charge is -2.29. The molecule has 6 heteroatoms. The number of hydrogen-bond donors (Lipinski definition) is 1. The Morgan fingerprint density at radius 1 is 0.862 bits per heavy atom. The summed E-state index contributed by atoms with van der Waals surface area (Å²) in [5.74, 6) is -0.200. The molecule has 1 aromatic heterocycles. The zero-order chi connectivity index (χ0) is 20.4. The summed E-state index contributed by atoms with van der Waals surface area (Å²) in [4.78, 5) is 39.1. The van der Waals surface area contributed by atoms with Gasteiger partial charge in [-0.2, -0.15) is 0 Å². The van der Waals surface area contributed by atoms with Crippen molar-refractivity contribution in [3.63, 3.8) is 0 Å². The van der Waals surface area contributed by atoms with Crippen molar-refractivity contribution in [1.82, 2.24) is 9.13 Å². The quantitative estimate of drug-likeness (QED) is 0.699. The number of carbonyl (C=O) groups excluding carboxylic acids is 1. The molecule has 0 bridgehead atoms. The van der Waals surface area contributed by atoms with Crippen LogP contribution in [0.5, 0.6) is 0 Å². The number of nitrogens with one attached hydrogen (secondary N) is 1. The van der Waals surface area contributed by atoms with Gasteiger partial charge in [0.15, 0.2) is 5.78 Å². The number of aryl methyl sites for hydroxylation is 1. The minimum Gasteiger partial charge on any atom is -0.340 e. The monoisotopic (exact) mass is 385 g/mol. The van der Waals surface area contributed by atoms with Gasteiger partial charge in [0.2, 0.25) is 0 Å². The summed E-state index contributed by atoms with van der Waals surface area (Å²) in [6.45, 7) is 1.99. The molecule has 2 heterocycles. The van der Waals surface area contributed by atoms with E-state index in [2.05, 4.69) is 5.32 Å². The first-order chi connectivity index (χ1) is 13.9. The van der Waals surface area contributed by atoms with Crippen LogP contribution >= 0.6 is 0 Å². The zero-order valence-electron chi connectivity index (χ0n) is 16.3. The number of nitrogens with zero attached hydrogens (tertiary/aromatic N) is 2. The molecule has 1 atom stereocenters. The van der Waals surface area contributed by atoms with E-state index in [-0.39, 0.29) is 5.78 Å². The normalized spacial score (nSPS) is 16.9. The van der Waals surface area contributed by atoms with Gasteiger partial charge in [-0.1, -0.05) is 54.1 Å². The molecule has 0 amide bonds. The first-order valence-corrected chi connectivity index (χ1v) is 9.42. The molecule has 6 nitrogen and oxygen atoms in total. The van der Waals surface area contributed by atoms with Crippen molar-refractivity contribution in [2.24, 2.45) is 14.1 Å². The molecule has 2 aliphatic rings. The molecule has 0 unspecified atom stereocenters. The van der Waals surface area contributed by atoms with E-state index in [9.17, 15) is 14.4 Å². The Hall–Kier alpha value is -3.67. The van der Waals surface area contributed by atoms with Crippen molar-refractivity contribution >= 4 is 17.3 Å². The van der Waals surface area contributed by atoms with Gasteiger partial charge in [-0.05, 0) is 12.5 Å². The van der Waals surface area contributed by atoms with Crippen LogP contribution in [-0.2, 0) is 14.1 Å². The molecule has 2 aromatic carbocycles. The van der Waals surface area contributed by atoms with Gasteiger partial charge < -0.3 is 5.32 Å². The second-order valence-corrected chi connectivity index (χ2v) is 7.60. The van der Waals surface area contributed by atoms with E-state index in [0.29, 0.717) is 28.2 Å². The van der Waals surface area contributed by atoms with Gasteiger partial charge in [-0.3, -0.25) is 18.7 Å². The number of ketones is 1. The zero-order valence-corrected chi connectivity index (χ0v) is 16.3. The second kappa shape index (κ2) is 5.91. The SMILES string of the molecule is Cc1ccc([C@H]2C3=C(Nc4c2c(=O)n(C)c(=O)n4C)c2ccccc2C3=O)cc1. The second-order valence-electron chi connectivity index (χ2n) is 7.60. The number of fused-ring (bicyclic) bond motifs is 3. The Kier molecular flexibility index (Phi) is 3.55. The molecule has 144 valence electrons. The number of carbonyl (C=O) groups is 1. The van der Waals surface area contributed by atoms with Crippen molar-refractivity contribution in [3.8, 4) is 0 Å². The number of rotatable bonds is 1. The summed E-state index contributed by atoms with van der Waals surface area (Å²) in [6, 6.07) is 15.2. The van der Waals surface area contributed by atoms with Crippen molar-refractivity contribution in [2.75, 3.05) is 5.32 Å². The van der Waals surface area contributed by atoms with Gasteiger partial charge in [0, 0.05) is 36.7 Å². The first kappa shape index (κ1) is 17.4. The van der Waals surface area contributed by atoms with Crippen molar-refractivity contribution in [2.45, 2.75) is 12.8 Å². The number of benzene rings is 2. The molecule has 29 heavy (non-hydrogen) atoms. The molecular formula is C23H19N3O3. The van der Waals surface area contributed by atoms with Crippen LogP contribution in [0, 0.1) is 6.92 Å². The molecule has 0 saturated carbocycles. The number of hydrogen-bond acceptors (Lipinski definition) is 4. The third kappa shape index (κ3) is 2.26. The summed E-state index contributed by atoms with van der Waals surface area (Å²) in [5, 5.41) is 3.24. The van der Waals surface area contributed by atoms with Gasteiger partial charge in [-0.25, -0.2) is 4.79 Å². The van der Waals surface area contributed by atoms with Crippen LogP contribution in [0.3, 0.4) is 0 Å². The van der Waals surface area contributed by atoms with Gasteiger partial charge in [0.25, 0.3) is 5.56 Å². The van der Waals surface area contributed by atoms with Crippen molar-refractivity contribution < 1.29 is 4.79 Å². The van der Waals surface area contributed by atoms with E-state index in [4.69, 9.17) is 0 Å². The van der Waals surface area contributed by atoms with Gasteiger partial charge in [0.05, 0.1) is 11.3 Å². The molecule has 0 radical (unpaired) electrons. The maximum Gasteiger partial charge on any atom is 0.332 e. The van der Waals surface area contributed by atoms with Crippen LogP contribution in [0.15, 0.2) is 63.7 Å². The lowest BCUT2D eigenvalue weighted by molar-refractivity contribution is 0.103. The fourth-order valence-corrected chi connectivity index (χ4v) is 4.35. The Morgan fingerprint density at radius 3 is 2.21 bits per heavy atom. The number of aromatic nitrogens is 2. The first-order valence-electron chi connectivity index (χ1n) is 9.42. The Bertz CT molecular complexity index is 1360. The van der Waals surface area contributed by atoms with E-state index in [1.165, 1.54) is 11.6 Å². The van der Waals surface area contributed by atoms with Gasteiger partial charge >= 0.3 is 5.69 Å². The van der Waals surface area contributed by atoms with E-state index in [0.717, 1.165) is 21.3 Å². The third-order valence-corrected chi connectivity index (χ3v) is 5.89. The highest BCUT2D eigenvalue weighted by Crippen LogP contribution is 2.47. The number of anilines is 1. The van der Waals surface area contributed by atoms with E-state index in [1.807, 2.05) is 49.4 Å². The molecule has 1 N–H and O–H groups in total. The summed E-state index contributed by atoms with van der Waals surface area (Å²) < 4.78 is 2.53. The van der Waals surface area contributed by atoms with E-state index < -0.39 is 17.2 Å². The Morgan fingerprint density at radius 2 is 1.52 bits per heavy atom. The molecule has 0 spiro atoms. The molecule has 0 saturated heterocycles. The van der Waals surface area contributed by atoms with Gasteiger partial charge in [0.1, 0.15) is 5.82 Å². The molecule has 1 aliphatic carbocycles. The van der Waals surface area contributed by atoms with Crippen LogP contribution in [0.4, 0.5) is 5.82 Å². The molecule has 1 aliphatic heterocycles. The Labute approximate surface area is 166 Å². The summed E-state index contributed by atoms with van der Waals surface area (Å²) in [7, 11) is 3.10. The van der Waals surface area contributed by atoms with Gasteiger partial charge in [-0.15, -0.1) is 0 Å². The summed E-state index contributed by atoms with van der Waals surface area (Å²) in [5.41, 5.74) is 4.18. The Balaban J connectivity index is 1.89. The minimum absolute atomic E-state index is 0.0877. The lowest BCUT2D eigenvalue weighted by atomic mass is 9.81. The maximum atomic E-state index is 13.4. The van der Waals surface area contributed by atoms with Crippen LogP contribution in [-0.4, -0.2) is 14.9 Å². The average molecular weight is 385 g/mol. The highest BCUT2D eigenvalue weighted by molar-refractivity contribution is 6.23. The largest absolute Gasteiger partial charge is 0.340 e. The predicted molar refractivity (Wildman–Crippen MR) is 111 cm³/mol. The standard InChI is InChI=1S/C23H19N3O3/c1-12-8-10-13(11-9-12)16-17-19(14-6-4-5-7-15(14)20(17)27)24-21-18(16)22(28)26(3)23(29)25(21)2/h4-11,16,24H,1-3H3/t16-/m0/s1. The topological polar surface area (TPSA) is 73.1 Å². The van der Waals surface area contributed by atoms with Crippen molar-refractivity contribution in [1.29, 1.82) is 0 Å². The summed E-state index contributed by atoms with van der Waals surface area (Å²) >= 11 is 0. The number of Topliss-reactive ketones (excluding diaryl/α,β-unsaturated/α-hetero) is 1. The molecular weight excluding hydrogens is 366 g/mol. The van der Waals surface area contributed by atoms with E-state index >= 15 is 0 Å². The fraction of sp³-hybridized carbons (Fsp3) is 0.174. The molecule has 5 rings (SSSR count). The van der Waals surface area contributed by atoms with E-state index in [1.54, 1.807) is 13.1 Å². The average Bonchev–Trinajstić information content (AvgIpc) is 3.02. The van der Waals surface area contributed by atoms with Crippen LogP contribution < -0.4 is 16.6 Å². The maximum absolute atomic E-state index is 13.4.